The second-order valence-electron chi connectivity index (χ2n) is 4.64. The summed E-state index contributed by atoms with van der Waals surface area (Å²) < 4.78 is 17.4. The number of thiophene rings is 1. The van der Waals surface area contributed by atoms with Gasteiger partial charge in [-0.25, -0.2) is 0 Å². The third-order valence-corrected chi connectivity index (χ3v) is 4.67. The molecular weight excluding hydrogens is 394 g/mol. The highest BCUT2D eigenvalue weighted by molar-refractivity contribution is 9.10. The van der Waals surface area contributed by atoms with Gasteiger partial charge in [-0.05, 0) is 41.1 Å². The van der Waals surface area contributed by atoms with Gasteiger partial charge in [0.15, 0.2) is 18.1 Å². The molecule has 0 fully saturated rings. The van der Waals surface area contributed by atoms with Crippen LogP contribution in [0.3, 0.4) is 0 Å². The first-order valence-corrected chi connectivity index (χ1v) is 8.73. The lowest BCUT2D eigenvalue weighted by Gasteiger charge is -2.10. The van der Waals surface area contributed by atoms with Crippen molar-refractivity contribution in [3.63, 3.8) is 0 Å². The maximum Gasteiger partial charge on any atom is 0.264 e. The molecular formula is C16H12BrN3O3S. The zero-order valence-electron chi connectivity index (χ0n) is 12.7. The minimum Gasteiger partial charge on any atom is -0.490 e. The van der Waals surface area contributed by atoms with E-state index < -0.39 is 0 Å². The topological polar surface area (TPSA) is 81.2 Å². The molecule has 3 rings (SSSR count). The first kappa shape index (κ1) is 16.5. The van der Waals surface area contributed by atoms with Crippen molar-refractivity contribution in [2.75, 3.05) is 6.61 Å². The molecule has 6 nitrogen and oxygen atoms in total. The Morgan fingerprint density at radius 3 is 2.88 bits per heavy atom. The Labute approximate surface area is 150 Å². The minimum atomic E-state index is 0.117. The predicted octanol–water partition coefficient (Wildman–Crippen LogP) is 4.41. The van der Waals surface area contributed by atoms with E-state index in [2.05, 4.69) is 32.1 Å². The van der Waals surface area contributed by atoms with E-state index in [1.165, 1.54) is 11.3 Å². The van der Waals surface area contributed by atoms with Crippen molar-refractivity contribution in [3.8, 4) is 28.3 Å². The summed E-state index contributed by atoms with van der Waals surface area (Å²) in [6.45, 7) is 2.46. The molecule has 1 aromatic carbocycles. The predicted molar refractivity (Wildman–Crippen MR) is 92.0 cm³/mol. The molecule has 0 aliphatic rings. The summed E-state index contributed by atoms with van der Waals surface area (Å²) in [5, 5.41) is 14.9. The van der Waals surface area contributed by atoms with E-state index in [9.17, 15) is 0 Å². The molecule has 0 saturated heterocycles. The smallest absolute Gasteiger partial charge is 0.264 e. The fourth-order valence-electron chi connectivity index (χ4n) is 1.95. The maximum absolute atomic E-state index is 8.96. The molecule has 8 heteroatoms. The van der Waals surface area contributed by atoms with Gasteiger partial charge >= 0.3 is 0 Å². The van der Waals surface area contributed by atoms with Crippen molar-refractivity contribution in [2.24, 2.45) is 0 Å². The van der Waals surface area contributed by atoms with Gasteiger partial charge in [0, 0.05) is 15.9 Å². The second-order valence-corrected chi connectivity index (χ2v) is 6.46. The highest BCUT2D eigenvalue weighted by Crippen LogP contribution is 2.30. The van der Waals surface area contributed by atoms with Crippen molar-refractivity contribution >= 4 is 27.3 Å². The lowest BCUT2D eigenvalue weighted by atomic mass is 10.2. The Balaban J connectivity index is 1.72. The summed E-state index contributed by atoms with van der Waals surface area (Å²) in [5.74, 6) is 1.92. The number of benzene rings is 1. The molecule has 0 saturated carbocycles. The Morgan fingerprint density at radius 2 is 2.17 bits per heavy atom. The number of halogens is 1. The van der Waals surface area contributed by atoms with Crippen LogP contribution in [0, 0.1) is 11.3 Å². The molecule has 0 atom stereocenters. The van der Waals surface area contributed by atoms with Gasteiger partial charge in [-0.15, -0.1) is 11.3 Å². The molecule has 122 valence electrons. The van der Waals surface area contributed by atoms with Crippen LogP contribution in [0.5, 0.6) is 11.5 Å². The monoisotopic (exact) mass is 405 g/mol. The van der Waals surface area contributed by atoms with Gasteiger partial charge in [0.25, 0.3) is 5.89 Å². The van der Waals surface area contributed by atoms with Gasteiger partial charge in [0.2, 0.25) is 5.82 Å². The van der Waals surface area contributed by atoms with Gasteiger partial charge < -0.3 is 14.0 Å². The van der Waals surface area contributed by atoms with E-state index in [-0.39, 0.29) is 6.61 Å². The number of aromatic nitrogens is 2. The van der Waals surface area contributed by atoms with Crippen LogP contribution < -0.4 is 9.47 Å². The Hall–Kier alpha value is -2.37. The van der Waals surface area contributed by atoms with E-state index in [1.54, 1.807) is 18.2 Å². The first-order valence-electron chi connectivity index (χ1n) is 7.06. The molecule has 0 aliphatic heterocycles. The molecule has 0 unspecified atom stereocenters. The Morgan fingerprint density at radius 1 is 1.29 bits per heavy atom. The zero-order chi connectivity index (χ0) is 16.9. The third-order valence-electron chi connectivity index (χ3n) is 2.98. The summed E-state index contributed by atoms with van der Waals surface area (Å²) in [4.78, 5) is 5.22. The molecule has 0 amide bonds. The van der Waals surface area contributed by atoms with Gasteiger partial charge in [0.1, 0.15) is 0 Å². The van der Waals surface area contributed by atoms with Crippen molar-refractivity contribution < 1.29 is 14.0 Å². The Kier molecular flexibility index (Phi) is 5.13. The summed E-state index contributed by atoms with van der Waals surface area (Å²) >= 11 is 4.91. The third kappa shape index (κ3) is 3.75. The van der Waals surface area contributed by atoms with Crippen LogP contribution in [0.2, 0.25) is 0 Å². The van der Waals surface area contributed by atoms with Crippen LogP contribution in [-0.2, 0) is 6.61 Å². The van der Waals surface area contributed by atoms with Crippen LogP contribution in [0.25, 0.3) is 10.7 Å². The molecule has 0 aliphatic carbocycles. The number of nitriles is 1. The standard InChI is InChI=1S/C16H12BrN3O3S/c1-2-21-13-5-10(7-18)3-4-12(13)22-8-15-19-16(20-23-15)14-6-11(17)9-24-14/h3-6,9H,2,8H2,1H3. The number of hydrogen-bond acceptors (Lipinski definition) is 7. The summed E-state index contributed by atoms with van der Waals surface area (Å²) in [6.07, 6.45) is 0. The minimum absolute atomic E-state index is 0.117. The average Bonchev–Trinajstić information content (AvgIpc) is 3.22. The van der Waals surface area contributed by atoms with E-state index in [1.807, 2.05) is 18.4 Å². The van der Waals surface area contributed by atoms with Crippen molar-refractivity contribution in [1.82, 2.24) is 10.1 Å². The summed E-state index contributed by atoms with van der Waals surface area (Å²) in [5.41, 5.74) is 0.508. The van der Waals surface area contributed by atoms with Crippen LogP contribution in [0.4, 0.5) is 0 Å². The quantitative estimate of drug-likeness (QED) is 0.603. The molecule has 24 heavy (non-hydrogen) atoms. The van der Waals surface area contributed by atoms with Crippen LogP contribution in [0.15, 0.2) is 38.6 Å². The number of nitrogens with zero attached hydrogens (tertiary/aromatic N) is 3. The lowest BCUT2D eigenvalue weighted by Crippen LogP contribution is -2.00. The first-order chi connectivity index (χ1) is 11.7. The van der Waals surface area contributed by atoms with Crippen LogP contribution in [-0.4, -0.2) is 16.7 Å². The van der Waals surface area contributed by atoms with E-state index in [4.69, 9.17) is 19.3 Å². The largest absolute Gasteiger partial charge is 0.490 e. The van der Waals surface area contributed by atoms with Crippen molar-refractivity contribution in [2.45, 2.75) is 13.5 Å². The number of rotatable bonds is 6. The van der Waals surface area contributed by atoms with E-state index in [0.29, 0.717) is 35.4 Å². The molecule has 0 bridgehead atoms. The maximum atomic E-state index is 8.96. The molecule has 0 spiro atoms. The molecule has 0 N–H and O–H groups in total. The van der Waals surface area contributed by atoms with E-state index in [0.717, 1.165) is 9.35 Å². The van der Waals surface area contributed by atoms with Crippen LogP contribution >= 0.6 is 27.3 Å². The Bertz CT molecular complexity index is 885. The average molecular weight is 406 g/mol. The SMILES string of the molecule is CCOc1cc(C#N)ccc1OCc1nc(-c2cc(Br)cs2)no1. The van der Waals surface area contributed by atoms with Crippen molar-refractivity contribution in [1.29, 1.82) is 5.26 Å². The summed E-state index contributed by atoms with van der Waals surface area (Å²) in [7, 11) is 0. The van der Waals surface area contributed by atoms with Crippen molar-refractivity contribution in [3.05, 3.63) is 45.6 Å². The molecule has 2 aromatic heterocycles. The van der Waals surface area contributed by atoms with Gasteiger partial charge in [-0.3, -0.25) is 0 Å². The van der Waals surface area contributed by atoms with Gasteiger partial charge in [0.05, 0.1) is 23.1 Å². The lowest BCUT2D eigenvalue weighted by molar-refractivity contribution is 0.228. The fraction of sp³-hybridized carbons (Fsp3) is 0.188. The molecule has 0 radical (unpaired) electrons. The molecule has 3 aromatic rings. The van der Waals surface area contributed by atoms with Gasteiger partial charge in [-0.2, -0.15) is 10.2 Å². The number of ether oxygens (including phenoxy) is 2. The van der Waals surface area contributed by atoms with E-state index >= 15 is 0 Å². The highest BCUT2D eigenvalue weighted by Gasteiger charge is 2.13. The fourth-order valence-corrected chi connectivity index (χ4v) is 3.30. The second kappa shape index (κ2) is 7.47. The van der Waals surface area contributed by atoms with Crippen LogP contribution in [0.1, 0.15) is 18.4 Å². The zero-order valence-corrected chi connectivity index (χ0v) is 15.1. The van der Waals surface area contributed by atoms with Gasteiger partial charge in [-0.1, -0.05) is 5.16 Å². The normalized spacial score (nSPS) is 10.4. The molecule has 2 heterocycles. The number of hydrogen-bond donors (Lipinski definition) is 0. The summed E-state index contributed by atoms with van der Waals surface area (Å²) in [6, 6.07) is 8.99. The highest BCUT2D eigenvalue weighted by atomic mass is 79.9.